The Bertz CT molecular complexity index is 2110. The Balaban J connectivity index is 0.000000182. The summed E-state index contributed by atoms with van der Waals surface area (Å²) in [5.41, 5.74) is 2.79. The highest BCUT2D eigenvalue weighted by Gasteiger charge is 2.33. The van der Waals surface area contributed by atoms with E-state index in [4.69, 9.17) is 14.2 Å². The Morgan fingerprint density at radius 2 is 1.49 bits per heavy atom. The second-order valence-electron chi connectivity index (χ2n) is 10.9. The second-order valence-corrected chi connectivity index (χ2v) is 12.6. The Labute approximate surface area is 294 Å². The number of imidazole rings is 2. The third-order valence-corrected chi connectivity index (χ3v) is 9.07. The van der Waals surface area contributed by atoms with Gasteiger partial charge in [-0.1, -0.05) is 0 Å². The van der Waals surface area contributed by atoms with E-state index in [9.17, 15) is 23.5 Å². The number of aliphatic hydroxyl groups is 1. The molecule has 0 amide bonds. The Morgan fingerprint density at radius 3 is 2.06 bits per heavy atom. The lowest BCUT2D eigenvalue weighted by molar-refractivity contribution is 0.0582. The van der Waals surface area contributed by atoms with Gasteiger partial charge in [-0.3, -0.25) is 4.68 Å². The van der Waals surface area contributed by atoms with Gasteiger partial charge >= 0.3 is 11.9 Å². The van der Waals surface area contributed by atoms with Crippen LogP contribution >= 0.6 is 31.9 Å². The molecule has 0 fully saturated rings. The van der Waals surface area contributed by atoms with Crippen molar-refractivity contribution in [3.05, 3.63) is 85.6 Å². The number of carbonyl (C=O) groups is 2. The molecule has 0 spiro atoms. The van der Waals surface area contributed by atoms with Crippen LogP contribution in [0.1, 0.15) is 44.0 Å². The molecule has 5 aromatic rings. The second kappa shape index (κ2) is 13.7. The molecule has 2 aromatic carbocycles. The van der Waals surface area contributed by atoms with Crippen LogP contribution < -0.4 is 9.47 Å². The van der Waals surface area contributed by atoms with E-state index in [1.807, 2.05) is 0 Å². The van der Waals surface area contributed by atoms with E-state index >= 15 is 0 Å². The fourth-order valence-corrected chi connectivity index (χ4v) is 6.29. The van der Waals surface area contributed by atoms with Crippen LogP contribution in [0, 0.1) is 18.6 Å². The fourth-order valence-electron chi connectivity index (χ4n) is 5.61. The average molecular weight is 806 g/mol. The minimum atomic E-state index is -1.16. The molecule has 1 unspecified atom stereocenters. The van der Waals surface area contributed by atoms with Crippen molar-refractivity contribution < 1.29 is 42.4 Å². The van der Waals surface area contributed by atoms with Crippen molar-refractivity contribution in [3.63, 3.8) is 0 Å². The van der Waals surface area contributed by atoms with Gasteiger partial charge in [-0.05, 0) is 50.9 Å². The molecular formula is C32H28Br2F2N6O7. The predicted octanol–water partition coefficient (Wildman–Crippen LogP) is 5.39. The molecule has 256 valence electrons. The number of carbonyl (C=O) groups excluding carboxylic acids is 2. The number of hydrogen-bond donors (Lipinski definition) is 1. The van der Waals surface area contributed by atoms with Gasteiger partial charge in [0.25, 0.3) is 0 Å². The van der Waals surface area contributed by atoms with Crippen molar-refractivity contribution in [2.24, 2.45) is 7.05 Å². The lowest BCUT2D eigenvalue weighted by atomic mass is 10.1. The molecule has 0 radical (unpaired) electrons. The lowest BCUT2D eigenvalue weighted by Gasteiger charge is -2.15. The van der Waals surface area contributed by atoms with Crippen LogP contribution in [0.25, 0.3) is 22.8 Å². The van der Waals surface area contributed by atoms with Crippen LogP contribution in [0.2, 0.25) is 0 Å². The molecule has 2 aliphatic heterocycles. The summed E-state index contributed by atoms with van der Waals surface area (Å²) >= 11 is 6.32. The van der Waals surface area contributed by atoms with Crippen LogP contribution in [0.5, 0.6) is 11.5 Å². The van der Waals surface area contributed by atoms with Crippen molar-refractivity contribution >= 4 is 43.8 Å². The largest absolute Gasteiger partial charge is 0.491 e. The number of ether oxygens (including phenoxy) is 4. The molecule has 3 aromatic heterocycles. The zero-order chi connectivity index (χ0) is 35.1. The molecular weight excluding hydrogens is 778 g/mol. The number of esters is 2. The summed E-state index contributed by atoms with van der Waals surface area (Å²) in [6.07, 6.45) is 2.13. The molecule has 0 saturated carbocycles. The zero-order valence-electron chi connectivity index (χ0n) is 26.5. The molecule has 1 atom stereocenters. The smallest absolute Gasteiger partial charge is 0.358 e. The van der Waals surface area contributed by atoms with Gasteiger partial charge in [0.1, 0.15) is 54.1 Å². The molecule has 7 rings (SSSR count). The molecule has 0 bridgehead atoms. The molecule has 13 nitrogen and oxygen atoms in total. The number of hydrogen-bond acceptors (Lipinski definition) is 10. The summed E-state index contributed by atoms with van der Waals surface area (Å²) in [7, 11) is 4.30. The number of aryl methyl sites for hydroxylation is 2. The minimum Gasteiger partial charge on any atom is -0.491 e. The molecule has 0 saturated heterocycles. The molecule has 5 heterocycles. The lowest BCUT2D eigenvalue weighted by Crippen LogP contribution is -2.16. The summed E-state index contributed by atoms with van der Waals surface area (Å²) < 4.78 is 54.0. The van der Waals surface area contributed by atoms with E-state index in [0.717, 1.165) is 0 Å². The third kappa shape index (κ3) is 6.45. The van der Waals surface area contributed by atoms with Crippen LogP contribution in [0.4, 0.5) is 8.78 Å². The zero-order valence-corrected chi connectivity index (χ0v) is 29.6. The normalized spacial score (nSPS) is 13.5. The van der Waals surface area contributed by atoms with Crippen LogP contribution in [-0.4, -0.2) is 73.4 Å². The number of aliphatic hydroxyl groups excluding tert-OH is 1. The first-order valence-electron chi connectivity index (χ1n) is 14.7. The number of nitrogens with zero attached hydrogens (tertiary/aromatic N) is 6. The van der Waals surface area contributed by atoms with Gasteiger partial charge in [-0.2, -0.15) is 5.10 Å². The number of halogens is 4. The number of rotatable bonds is 4. The highest BCUT2D eigenvalue weighted by Crippen LogP contribution is 2.40. The maximum Gasteiger partial charge on any atom is 0.358 e. The number of fused-ring (bicyclic) bond motifs is 6. The summed E-state index contributed by atoms with van der Waals surface area (Å²) in [5, 5.41) is 15.4. The SMILES string of the molecule is COC(=O)c1cn2c(n1)-c1cc(Br)c(F)cc1OCC2.COC(=O)c1nc2n(c1C(O)c1cn(C)nc1C)CCOc1cc(F)c(Br)cc1-2. The topological polar surface area (TPSA) is 145 Å². The van der Waals surface area contributed by atoms with E-state index in [1.54, 1.807) is 52.3 Å². The monoisotopic (exact) mass is 804 g/mol. The van der Waals surface area contributed by atoms with Crippen molar-refractivity contribution in [3.8, 4) is 34.3 Å². The van der Waals surface area contributed by atoms with Gasteiger partial charge in [0, 0.05) is 37.1 Å². The van der Waals surface area contributed by atoms with E-state index in [0.29, 0.717) is 69.7 Å². The van der Waals surface area contributed by atoms with Crippen molar-refractivity contribution in [1.82, 2.24) is 28.9 Å². The number of aromatic nitrogens is 6. The van der Waals surface area contributed by atoms with Crippen molar-refractivity contribution in [2.45, 2.75) is 26.1 Å². The summed E-state index contributed by atoms with van der Waals surface area (Å²) in [5.74, 6) is -0.400. The van der Waals surface area contributed by atoms with Gasteiger partial charge < -0.3 is 33.2 Å². The average Bonchev–Trinajstić information content (AvgIpc) is 3.71. The van der Waals surface area contributed by atoms with Crippen LogP contribution in [0.3, 0.4) is 0 Å². The summed E-state index contributed by atoms with van der Waals surface area (Å²) in [6, 6.07) is 5.71. The first-order valence-corrected chi connectivity index (χ1v) is 16.3. The summed E-state index contributed by atoms with van der Waals surface area (Å²) in [4.78, 5) is 32.7. The van der Waals surface area contributed by atoms with E-state index in [1.165, 1.54) is 26.4 Å². The Kier molecular flexibility index (Phi) is 9.59. The van der Waals surface area contributed by atoms with Crippen molar-refractivity contribution in [2.75, 3.05) is 27.4 Å². The van der Waals surface area contributed by atoms with Gasteiger partial charge in [-0.15, -0.1) is 0 Å². The molecule has 17 heteroatoms. The van der Waals surface area contributed by atoms with E-state index in [-0.39, 0.29) is 28.2 Å². The first-order chi connectivity index (χ1) is 23.4. The van der Waals surface area contributed by atoms with E-state index < -0.39 is 29.7 Å². The van der Waals surface area contributed by atoms with Crippen molar-refractivity contribution in [1.29, 1.82) is 0 Å². The quantitative estimate of drug-likeness (QED) is 0.235. The molecule has 0 aliphatic carbocycles. The maximum atomic E-state index is 14.0. The molecule has 49 heavy (non-hydrogen) atoms. The maximum absolute atomic E-state index is 14.0. The van der Waals surface area contributed by atoms with Gasteiger partial charge in [0.15, 0.2) is 11.4 Å². The van der Waals surface area contributed by atoms with Crippen LogP contribution in [0.15, 0.2) is 45.6 Å². The molecule has 2 aliphatic rings. The molecule has 1 N–H and O–H groups in total. The first kappa shape index (κ1) is 34.3. The van der Waals surface area contributed by atoms with Gasteiger partial charge in [0.05, 0.1) is 58.8 Å². The summed E-state index contributed by atoms with van der Waals surface area (Å²) in [6.45, 7) is 3.18. The predicted molar refractivity (Wildman–Crippen MR) is 176 cm³/mol. The number of methoxy groups -OCH3 is 2. The highest BCUT2D eigenvalue weighted by atomic mass is 79.9. The Morgan fingerprint density at radius 1 is 0.898 bits per heavy atom. The third-order valence-electron chi connectivity index (χ3n) is 7.85. The van der Waals surface area contributed by atoms with E-state index in [2.05, 4.69) is 51.7 Å². The fraction of sp³-hybridized carbons (Fsp3) is 0.281. The minimum absolute atomic E-state index is 0.00782. The standard InChI is InChI=1S/C19H18BrFN4O4.C13H10BrFN2O3/c1-9-11(8-24(2)23-9)17(26)16-15(19(27)28-3)22-18-10-6-12(20)13(21)7-14(10)29-5-4-25(16)18;1-19-13(18)10-6-17-2-3-20-11-5-9(15)8(14)4-7(11)12(17)16-10/h6-8,17,26H,4-5H2,1-3H3;4-6H,2-3H2,1H3. The van der Waals surface area contributed by atoms with Gasteiger partial charge in [0.2, 0.25) is 0 Å². The highest BCUT2D eigenvalue weighted by molar-refractivity contribution is 9.10. The van der Waals surface area contributed by atoms with Crippen LogP contribution in [-0.2, 0) is 29.6 Å². The number of benzene rings is 2. The van der Waals surface area contributed by atoms with Gasteiger partial charge in [-0.25, -0.2) is 28.3 Å². The Hall–Kier alpha value is -4.61.